The molecule has 1 saturated carbocycles. The van der Waals surface area contributed by atoms with Gasteiger partial charge in [0.25, 0.3) is 0 Å². The number of guanidine groups is 1. The van der Waals surface area contributed by atoms with E-state index in [4.69, 9.17) is 4.99 Å². The summed E-state index contributed by atoms with van der Waals surface area (Å²) in [6, 6.07) is 0.543. The van der Waals surface area contributed by atoms with Crippen LogP contribution in [0, 0.1) is 11.8 Å². The zero-order valence-corrected chi connectivity index (χ0v) is 15.4. The van der Waals surface area contributed by atoms with Crippen molar-refractivity contribution in [2.75, 3.05) is 6.54 Å². The molecule has 0 saturated heterocycles. The first kappa shape index (κ1) is 17.2. The molecule has 6 heteroatoms. The first-order valence-electron chi connectivity index (χ1n) is 9.63. The van der Waals surface area contributed by atoms with Gasteiger partial charge in [0, 0.05) is 25.6 Å². The molecule has 1 aliphatic heterocycles. The normalized spacial score (nSPS) is 24.2. The van der Waals surface area contributed by atoms with E-state index in [1.165, 1.54) is 32.1 Å². The van der Waals surface area contributed by atoms with E-state index in [-0.39, 0.29) is 0 Å². The van der Waals surface area contributed by atoms with Crippen molar-refractivity contribution in [1.29, 1.82) is 0 Å². The molecule has 0 unspecified atom stereocenters. The quantitative estimate of drug-likeness (QED) is 0.642. The van der Waals surface area contributed by atoms with Crippen molar-refractivity contribution in [2.45, 2.75) is 78.4 Å². The second kappa shape index (κ2) is 7.99. The minimum absolute atomic E-state index is 0.543. The molecule has 0 radical (unpaired) electrons. The van der Waals surface area contributed by atoms with Crippen LogP contribution in [0.5, 0.6) is 0 Å². The van der Waals surface area contributed by atoms with Crippen LogP contribution >= 0.6 is 0 Å². The zero-order valence-electron chi connectivity index (χ0n) is 15.4. The monoisotopic (exact) mass is 332 g/mol. The van der Waals surface area contributed by atoms with Crippen molar-refractivity contribution in [1.82, 2.24) is 25.4 Å². The maximum Gasteiger partial charge on any atom is 0.191 e. The molecule has 0 spiro atoms. The van der Waals surface area contributed by atoms with Crippen LogP contribution < -0.4 is 10.6 Å². The lowest BCUT2D eigenvalue weighted by Crippen LogP contribution is -2.45. The highest BCUT2D eigenvalue weighted by molar-refractivity contribution is 5.80. The number of hydrogen-bond acceptors (Lipinski definition) is 3. The molecule has 0 aromatic carbocycles. The fourth-order valence-electron chi connectivity index (χ4n) is 3.92. The number of hydrogen-bond donors (Lipinski definition) is 2. The molecule has 1 aromatic heterocycles. The summed E-state index contributed by atoms with van der Waals surface area (Å²) in [5, 5.41) is 15.6. The Kier molecular flexibility index (Phi) is 5.74. The van der Waals surface area contributed by atoms with E-state index in [0.29, 0.717) is 12.6 Å². The number of aromatic nitrogens is 3. The molecule has 2 N–H and O–H groups in total. The van der Waals surface area contributed by atoms with Crippen molar-refractivity contribution in [3.8, 4) is 0 Å². The van der Waals surface area contributed by atoms with E-state index in [0.717, 1.165) is 49.0 Å². The van der Waals surface area contributed by atoms with Gasteiger partial charge in [-0.05, 0) is 50.9 Å². The molecule has 2 heterocycles. The first-order chi connectivity index (χ1) is 11.7. The first-order valence-corrected chi connectivity index (χ1v) is 9.63. The third-order valence-electron chi connectivity index (χ3n) is 5.46. The van der Waals surface area contributed by atoms with E-state index in [9.17, 15) is 0 Å². The van der Waals surface area contributed by atoms with Gasteiger partial charge in [0.15, 0.2) is 11.8 Å². The van der Waals surface area contributed by atoms with Crippen molar-refractivity contribution < 1.29 is 0 Å². The van der Waals surface area contributed by atoms with Crippen molar-refractivity contribution in [3.63, 3.8) is 0 Å². The lowest BCUT2D eigenvalue weighted by atomic mass is 9.80. The molecule has 0 bridgehead atoms. The molecule has 24 heavy (non-hydrogen) atoms. The van der Waals surface area contributed by atoms with Gasteiger partial charge >= 0.3 is 0 Å². The Labute approximate surface area is 145 Å². The van der Waals surface area contributed by atoms with Gasteiger partial charge in [-0.3, -0.25) is 0 Å². The predicted octanol–water partition coefficient (Wildman–Crippen LogP) is 2.49. The Morgan fingerprint density at radius 2 is 2.04 bits per heavy atom. The second-order valence-corrected chi connectivity index (χ2v) is 7.48. The van der Waals surface area contributed by atoms with Crippen LogP contribution in [0.1, 0.15) is 64.5 Å². The molecule has 1 aliphatic carbocycles. The molecule has 1 fully saturated rings. The van der Waals surface area contributed by atoms with E-state index in [1.54, 1.807) is 0 Å². The third-order valence-corrected chi connectivity index (χ3v) is 5.46. The zero-order chi connectivity index (χ0) is 16.9. The molecule has 0 atom stereocenters. The summed E-state index contributed by atoms with van der Waals surface area (Å²) in [7, 11) is 0. The van der Waals surface area contributed by atoms with Crippen molar-refractivity contribution >= 4 is 5.96 Å². The fourth-order valence-corrected chi connectivity index (χ4v) is 3.92. The fraction of sp³-hybridized carbons (Fsp3) is 0.833. The molecular formula is C18H32N6. The van der Waals surface area contributed by atoms with Crippen LogP contribution in [0.4, 0.5) is 0 Å². The van der Waals surface area contributed by atoms with Gasteiger partial charge in [0.1, 0.15) is 12.4 Å². The summed E-state index contributed by atoms with van der Waals surface area (Å²) in [5.41, 5.74) is 0. The van der Waals surface area contributed by atoms with Crippen LogP contribution in [-0.4, -0.2) is 33.3 Å². The van der Waals surface area contributed by atoms with Gasteiger partial charge in [-0.25, -0.2) is 4.99 Å². The Hall–Kier alpha value is -1.59. The summed E-state index contributed by atoms with van der Waals surface area (Å²) in [6.45, 7) is 9.33. The SMILES string of the molecule is CCNC(=NCc1nnc2n1CCC2)NC1CCC(C(C)C)CC1. The highest BCUT2D eigenvalue weighted by Gasteiger charge is 2.24. The van der Waals surface area contributed by atoms with Crippen LogP contribution in [-0.2, 0) is 19.5 Å². The lowest BCUT2D eigenvalue weighted by molar-refractivity contribution is 0.250. The topological polar surface area (TPSA) is 67.1 Å². The van der Waals surface area contributed by atoms with Crippen LogP contribution in [0.2, 0.25) is 0 Å². The summed E-state index contributed by atoms with van der Waals surface area (Å²) >= 11 is 0. The van der Waals surface area contributed by atoms with Gasteiger partial charge in [0.2, 0.25) is 0 Å². The average molecular weight is 332 g/mol. The maximum absolute atomic E-state index is 4.75. The highest BCUT2D eigenvalue weighted by atomic mass is 15.3. The molecule has 2 aliphatic rings. The van der Waals surface area contributed by atoms with E-state index < -0.39 is 0 Å². The Morgan fingerprint density at radius 1 is 1.25 bits per heavy atom. The van der Waals surface area contributed by atoms with Crippen LogP contribution in [0.3, 0.4) is 0 Å². The van der Waals surface area contributed by atoms with Gasteiger partial charge in [-0.15, -0.1) is 10.2 Å². The Balaban J connectivity index is 1.56. The van der Waals surface area contributed by atoms with Gasteiger partial charge in [-0.1, -0.05) is 13.8 Å². The van der Waals surface area contributed by atoms with E-state index >= 15 is 0 Å². The number of rotatable bonds is 5. The summed E-state index contributed by atoms with van der Waals surface area (Å²) < 4.78 is 2.22. The van der Waals surface area contributed by atoms with Crippen molar-refractivity contribution in [2.24, 2.45) is 16.8 Å². The minimum Gasteiger partial charge on any atom is -0.357 e. The van der Waals surface area contributed by atoms with E-state index in [1.807, 2.05) is 0 Å². The second-order valence-electron chi connectivity index (χ2n) is 7.48. The standard InChI is InChI=1S/C18H32N6/c1-4-19-18(21-15-9-7-14(8-10-15)13(2)3)20-12-17-23-22-16-6-5-11-24(16)17/h13-15H,4-12H2,1-3H3,(H2,19,20,21). The minimum atomic E-state index is 0.543. The van der Waals surface area contributed by atoms with Gasteiger partial charge < -0.3 is 15.2 Å². The number of nitrogens with one attached hydrogen (secondary N) is 2. The summed E-state index contributed by atoms with van der Waals surface area (Å²) in [4.78, 5) is 4.75. The van der Waals surface area contributed by atoms with Gasteiger partial charge in [0.05, 0.1) is 0 Å². The molecule has 134 valence electrons. The number of aryl methyl sites for hydroxylation is 1. The van der Waals surface area contributed by atoms with Crippen LogP contribution in [0.25, 0.3) is 0 Å². The predicted molar refractivity (Wildman–Crippen MR) is 96.9 cm³/mol. The third kappa shape index (κ3) is 4.08. The molecular weight excluding hydrogens is 300 g/mol. The number of aliphatic imine (C=N–C) groups is 1. The Morgan fingerprint density at radius 3 is 2.75 bits per heavy atom. The lowest BCUT2D eigenvalue weighted by Gasteiger charge is -2.32. The smallest absolute Gasteiger partial charge is 0.191 e. The molecule has 1 aromatic rings. The number of fused-ring (bicyclic) bond motifs is 1. The largest absolute Gasteiger partial charge is 0.357 e. The maximum atomic E-state index is 4.75. The summed E-state index contributed by atoms with van der Waals surface area (Å²) in [6.07, 6.45) is 7.37. The Bertz CT molecular complexity index is 554. The highest BCUT2D eigenvalue weighted by Crippen LogP contribution is 2.29. The molecule has 0 amide bonds. The van der Waals surface area contributed by atoms with Gasteiger partial charge in [-0.2, -0.15) is 0 Å². The molecule has 6 nitrogen and oxygen atoms in total. The van der Waals surface area contributed by atoms with Crippen LogP contribution in [0.15, 0.2) is 4.99 Å². The van der Waals surface area contributed by atoms with Crippen molar-refractivity contribution in [3.05, 3.63) is 11.6 Å². The molecule has 3 rings (SSSR count). The average Bonchev–Trinajstić information content (AvgIpc) is 3.17. The number of nitrogens with zero attached hydrogens (tertiary/aromatic N) is 4. The summed E-state index contributed by atoms with van der Waals surface area (Å²) in [5.74, 6) is 4.72. The van der Waals surface area contributed by atoms with E-state index in [2.05, 4.69) is 46.2 Å².